The standard InChI is InChI=1S/C26H34N4O3/c1-26(2,3)33-25(32)30(15-18-9-10-18)23-12-22(23)19-5-4-6-20(11-19)24(31)28-21-13-27-29(16-21)14-17-7-8-17/h4-6,11,13,16-18,22-23H,7-10,12,14-15H2,1-3H3,(H,28,31)/t22-,23+/m0/s1. The smallest absolute Gasteiger partial charge is 0.410 e. The average Bonchev–Trinajstić information content (AvgIpc) is 3.62. The summed E-state index contributed by atoms with van der Waals surface area (Å²) >= 11 is 0. The topological polar surface area (TPSA) is 76.5 Å². The lowest BCUT2D eigenvalue weighted by Crippen LogP contribution is -2.40. The van der Waals surface area contributed by atoms with E-state index in [1.807, 2.05) is 54.7 Å². The molecular formula is C26H34N4O3. The summed E-state index contributed by atoms with van der Waals surface area (Å²) in [5.41, 5.74) is 1.93. The van der Waals surface area contributed by atoms with E-state index < -0.39 is 5.60 Å². The van der Waals surface area contributed by atoms with Crippen LogP contribution >= 0.6 is 0 Å². The number of benzene rings is 1. The van der Waals surface area contributed by atoms with Gasteiger partial charge in [-0.1, -0.05) is 12.1 Å². The summed E-state index contributed by atoms with van der Waals surface area (Å²) in [6, 6.07) is 7.91. The van der Waals surface area contributed by atoms with Gasteiger partial charge in [0.05, 0.1) is 11.9 Å². The molecule has 0 aliphatic heterocycles. The zero-order valence-electron chi connectivity index (χ0n) is 19.8. The fourth-order valence-corrected chi connectivity index (χ4v) is 4.34. The van der Waals surface area contributed by atoms with Gasteiger partial charge >= 0.3 is 6.09 Å². The Morgan fingerprint density at radius 2 is 1.94 bits per heavy atom. The van der Waals surface area contributed by atoms with E-state index in [-0.39, 0.29) is 24.0 Å². The van der Waals surface area contributed by atoms with Crippen LogP contribution in [0.2, 0.25) is 0 Å². The number of amides is 2. The van der Waals surface area contributed by atoms with Crippen molar-refractivity contribution in [3.63, 3.8) is 0 Å². The second-order valence-corrected chi connectivity index (χ2v) is 11.0. The van der Waals surface area contributed by atoms with Crippen LogP contribution in [0.1, 0.15) is 74.7 Å². The number of anilines is 1. The number of nitrogens with one attached hydrogen (secondary N) is 1. The molecule has 0 spiro atoms. The summed E-state index contributed by atoms with van der Waals surface area (Å²) < 4.78 is 7.59. The molecule has 176 valence electrons. The third kappa shape index (κ3) is 5.75. The summed E-state index contributed by atoms with van der Waals surface area (Å²) in [7, 11) is 0. The first-order valence-electron chi connectivity index (χ1n) is 12.2. The Kier molecular flexibility index (Phi) is 5.67. The second kappa shape index (κ2) is 8.50. The monoisotopic (exact) mass is 450 g/mol. The van der Waals surface area contributed by atoms with Gasteiger partial charge in [-0.05, 0) is 82.4 Å². The van der Waals surface area contributed by atoms with Crippen LogP contribution in [0.5, 0.6) is 0 Å². The SMILES string of the molecule is CC(C)(C)OC(=O)N(CC1CC1)[C@@H]1C[C@H]1c1cccc(C(=O)Nc2cnn(CC3CC3)c2)c1. The Morgan fingerprint density at radius 1 is 1.18 bits per heavy atom. The lowest BCUT2D eigenvalue weighted by molar-refractivity contribution is 0.0220. The number of nitrogens with zero attached hydrogens (tertiary/aromatic N) is 3. The number of aromatic nitrogens is 2. The fraction of sp³-hybridized carbons (Fsp3) is 0.577. The molecule has 3 saturated carbocycles. The third-order valence-corrected chi connectivity index (χ3v) is 6.55. The van der Waals surface area contributed by atoms with Crippen molar-refractivity contribution >= 4 is 17.7 Å². The molecular weight excluding hydrogens is 416 g/mol. The molecule has 1 heterocycles. The molecule has 0 bridgehead atoms. The lowest BCUT2D eigenvalue weighted by atomic mass is 10.1. The van der Waals surface area contributed by atoms with Crippen molar-refractivity contribution in [1.29, 1.82) is 0 Å². The van der Waals surface area contributed by atoms with Gasteiger partial charge in [-0.3, -0.25) is 9.48 Å². The first kappa shape index (κ1) is 22.0. The van der Waals surface area contributed by atoms with Crippen LogP contribution in [0, 0.1) is 11.8 Å². The molecule has 0 saturated heterocycles. The molecule has 33 heavy (non-hydrogen) atoms. The summed E-state index contributed by atoms with van der Waals surface area (Å²) in [5.74, 6) is 1.43. The average molecular weight is 451 g/mol. The molecule has 2 amide bonds. The van der Waals surface area contributed by atoms with Crippen LogP contribution < -0.4 is 5.32 Å². The van der Waals surface area contributed by atoms with E-state index in [4.69, 9.17) is 4.74 Å². The number of hydrogen-bond acceptors (Lipinski definition) is 4. The number of carbonyl (C=O) groups excluding carboxylic acids is 2. The molecule has 0 unspecified atom stereocenters. The van der Waals surface area contributed by atoms with Gasteiger partial charge in [-0.2, -0.15) is 5.10 Å². The maximum absolute atomic E-state index is 12.9. The van der Waals surface area contributed by atoms with Gasteiger partial charge in [0, 0.05) is 36.8 Å². The minimum absolute atomic E-state index is 0.137. The van der Waals surface area contributed by atoms with E-state index in [9.17, 15) is 9.59 Å². The van der Waals surface area contributed by atoms with Crippen molar-refractivity contribution < 1.29 is 14.3 Å². The number of carbonyl (C=O) groups is 2. The predicted molar refractivity (Wildman–Crippen MR) is 126 cm³/mol. The largest absolute Gasteiger partial charge is 0.444 e. The van der Waals surface area contributed by atoms with Crippen LogP contribution in [-0.2, 0) is 11.3 Å². The molecule has 3 aliphatic carbocycles. The highest BCUT2D eigenvalue weighted by atomic mass is 16.6. The van der Waals surface area contributed by atoms with Gasteiger partial charge in [-0.15, -0.1) is 0 Å². The van der Waals surface area contributed by atoms with Crippen LogP contribution in [0.15, 0.2) is 36.7 Å². The maximum atomic E-state index is 12.9. The Morgan fingerprint density at radius 3 is 2.64 bits per heavy atom. The summed E-state index contributed by atoms with van der Waals surface area (Å²) in [4.78, 5) is 27.6. The fourth-order valence-electron chi connectivity index (χ4n) is 4.34. The van der Waals surface area contributed by atoms with Gasteiger partial charge in [0.15, 0.2) is 0 Å². The van der Waals surface area contributed by atoms with E-state index >= 15 is 0 Å². The minimum Gasteiger partial charge on any atom is -0.444 e. The van der Waals surface area contributed by atoms with E-state index in [2.05, 4.69) is 16.5 Å². The van der Waals surface area contributed by atoms with Crippen molar-refractivity contribution in [2.45, 2.75) is 77.0 Å². The molecule has 1 aromatic carbocycles. The highest BCUT2D eigenvalue weighted by molar-refractivity contribution is 6.04. The van der Waals surface area contributed by atoms with Gasteiger partial charge in [0.2, 0.25) is 0 Å². The zero-order chi connectivity index (χ0) is 23.2. The van der Waals surface area contributed by atoms with Crippen LogP contribution in [-0.4, -0.2) is 44.9 Å². The van der Waals surface area contributed by atoms with E-state index in [1.165, 1.54) is 25.7 Å². The highest BCUT2D eigenvalue weighted by Crippen LogP contribution is 2.47. The van der Waals surface area contributed by atoms with E-state index in [0.29, 0.717) is 11.5 Å². The van der Waals surface area contributed by atoms with Crippen molar-refractivity contribution in [2.24, 2.45) is 11.8 Å². The molecule has 3 fully saturated rings. The summed E-state index contributed by atoms with van der Waals surface area (Å²) in [6.07, 6.45) is 9.19. The van der Waals surface area contributed by atoms with Crippen molar-refractivity contribution in [3.05, 3.63) is 47.8 Å². The van der Waals surface area contributed by atoms with E-state index in [0.717, 1.165) is 36.7 Å². The molecule has 1 N–H and O–H groups in total. The maximum Gasteiger partial charge on any atom is 0.410 e. The summed E-state index contributed by atoms with van der Waals surface area (Å²) in [5, 5.41) is 7.32. The molecule has 5 rings (SSSR count). The second-order valence-electron chi connectivity index (χ2n) is 11.0. The molecule has 2 aromatic rings. The lowest BCUT2D eigenvalue weighted by Gasteiger charge is -2.28. The van der Waals surface area contributed by atoms with Gasteiger partial charge in [0.1, 0.15) is 5.60 Å². The van der Waals surface area contributed by atoms with Crippen LogP contribution in [0.4, 0.5) is 10.5 Å². The highest BCUT2D eigenvalue weighted by Gasteiger charge is 2.47. The van der Waals surface area contributed by atoms with Crippen molar-refractivity contribution in [2.75, 3.05) is 11.9 Å². The first-order chi connectivity index (χ1) is 15.7. The Balaban J connectivity index is 1.23. The van der Waals surface area contributed by atoms with Gasteiger partial charge in [-0.25, -0.2) is 4.79 Å². The quantitative estimate of drug-likeness (QED) is 0.611. The molecule has 3 aliphatic rings. The number of rotatable bonds is 8. The van der Waals surface area contributed by atoms with Crippen LogP contribution in [0.3, 0.4) is 0 Å². The molecule has 7 heteroatoms. The third-order valence-electron chi connectivity index (χ3n) is 6.55. The first-order valence-corrected chi connectivity index (χ1v) is 12.2. The van der Waals surface area contributed by atoms with Crippen LogP contribution in [0.25, 0.3) is 0 Å². The van der Waals surface area contributed by atoms with E-state index in [1.54, 1.807) is 6.20 Å². The number of ether oxygens (including phenoxy) is 1. The molecule has 1 aromatic heterocycles. The molecule has 0 radical (unpaired) electrons. The molecule has 2 atom stereocenters. The van der Waals surface area contributed by atoms with Crippen molar-refractivity contribution in [3.8, 4) is 0 Å². The van der Waals surface area contributed by atoms with Gasteiger partial charge in [0.25, 0.3) is 5.91 Å². The normalized spacial score (nSPS) is 22.0. The molecule has 7 nitrogen and oxygen atoms in total. The predicted octanol–water partition coefficient (Wildman–Crippen LogP) is 5.05. The summed E-state index contributed by atoms with van der Waals surface area (Å²) in [6.45, 7) is 7.40. The zero-order valence-corrected chi connectivity index (χ0v) is 19.8. The van der Waals surface area contributed by atoms with Gasteiger partial charge < -0.3 is 15.0 Å². The Bertz CT molecular complexity index is 1030. The number of hydrogen-bond donors (Lipinski definition) is 1. The van der Waals surface area contributed by atoms with Crippen molar-refractivity contribution in [1.82, 2.24) is 14.7 Å². The minimum atomic E-state index is -0.506. The Hall–Kier alpha value is -2.83. The Labute approximate surface area is 195 Å².